The maximum absolute atomic E-state index is 12.1. The van der Waals surface area contributed by atoms with Gasteiger partial charge in [0.2, 0.25) is 0 Å². The molecule has 0 atom stereocenters. The van der Waals surface area contributed by atoms with Gasteiger partial charge in [0.25, 0.3) is 5.91 Å². The summed E-state index contributed by atoms with van der Waals surface area (Å²) in [6.07, 6.45) is 1.02. The second-order valence-electron chi connectivity index (χ2n) is 4.21. The molecule has 0 aromatic carbocycles. The molecular formula is C14H16BrN3OS. The first-order chi connectivity index (χ1) is 9.70. The Balaban J connectivity index is 1.96. The lowest BCUT2D eigenvalue weighted by Crippen LogP contribution is -2.23. The van der Waals surface area contributed by atoms with Crippen molar-refractivity contribution in [1.29, 1.82) is 0 Å². The molecule has 2 aromatic heterocycles. The Labute approximate surface area is 130 Å². The van der Waals surface area contributed by atoms with Crippen molar-refractivity contribution in [3.8, 4) is 0 Å². The molecule has 0 aliphatic rings. The molecule has 2 N–H and O–H groups in total. The number of pyridine rings is 1. The molecule has 20 heavy (non-hydrogen) atoms. The zero-order valence-corrected chi connectivity index (χ0v) is 13.6. The molecule has 1 amide bonds. The number of carbonyl (C=O) groups excluding carboxylic acids is 1. The molecule has 0 saturated carbocycles. The summed E-state index contributed by atoms with van der Waals surface area (Å²) in [5, 5.41) is 8.03. The quantitative estimate of drug-likeness (QED) is 0.833. The van der Waals surface area contributed by atoms with Gasteiger partial charge in [-0.25, -0.2) is 4.98 Å². The minimum atomic E-state index is -0.162. The van der Waals surface area contributed by atoms with Gasteiger partial charge in [0.1, 0.15) is 11.5 Å². The number of thiophene rings is 1. The number of carbonyl (C=O) groups is 1. The van der Waals surface area contributed by atoms with Crippen molar-refractivity contribution in [1.82, 2.24) is 10.3 Å². The lowest BCUT2D eigenvalue weighted by atomic mass is 10.3. The Hall–Kier alpha value is -1.40. The SMILES string of the molecule is CCCNc1cccc(C(=O)NCc2sccc2Br)n1. The van der Waals surface area contributed by atoms with Gasteiger partial charge in [0.15, 0.2) is 0 Å². The number of amides is 1. The number of aromatic nitrogens is 1. The molecule has 0 spiro atoms. The van der Waals surface area contributed by atoms with Gasteiger partial charge >= 0.3 is 0 Å². The van der Waals surface area contributed by atoms with Gasteiger partial charge < -0.3 is 10.6 Å². The highest BCUT2D eigenvalue weighted by molar-refractivity contribution is 9.10. The van der Waals surface area contributed by atoms with Gasteiger partial charge in [0, 0.05) is 15.9 Å². The molecule has 106 valence electrons. The normalized spacial score (nSPS) is 10.3. The van der Waals surface area contributed by atoms with E-state index in [0.717, 1.165) is 28.1 Å². The van der Waals surface area contributed by atoms with E-state index in [4.69, 9.17) is 0 Å². The van der Waals surface area contributed by atoms with Gasteiger partial charge in [-0.3, -0.25) is 4.79 Å². The van der Waals surface area contributed by atoms with Crippen molar-refractivity contribution in [2.24, 2.45) is 0 Å². The topological polar surface area (TPSA) is 54.0 Å². The van der Waals surface area contributed by atoms with Crippen LogP contribution in [-0.4, -0.2) is 17.4 Å². The average Bonchev–Trinajstić information content (AvgIpc) is 2.88. The van der Waals surface area contributed by atoms with E-state index in [0.29, 0.717) is 12.2 Å². The van der Waals surface area contributed by atoms with E-state index in [1.165, 1.54) is 0 Å². The molecule has 0 aliphatic carbocycles. The summed E-state index contributed by atoms with van der Waals surface area (Å²) in [6, 6.07) is 7.39. The van der Waals surface area contributed by atoms with Gasteiger partial charge in [-0.05, 0) is 45.9 Å². The van der Waals surface area contributed by atoms with E-state index in [9.17, 15) is 4.79 Å². The smallest absolute Gasteiger partial charge is 0.270 e. The second-order valence-corrected chi connectivity index (χ2v) is 6.06. The monoisotopic (exact) mass is 353 g/mol. The molecule has 4 nitrogen and oxygen atoms in total. The summed E-state index contributed by atoms with van der Waals surface area (Å²) < 4.78 is 1.02. The zero-order valence-electron chi connectivity index (χ0n) is 11.1. The van der Waals surface area contributed by atoms with Crippen molar-refractivity contribution < 1.29 is 4.79 Å². The highest BCUT2D eigenvalue weighted by atomic mass is 79.9. The van der Waals surface area contributed by atoms with E-state index in [1.54, 1.807) is 17.4 Å². The summed E-state index contributed by atoms with van der Waals surface area (Å²) in [7, 11) is 0. The Bertz CT molecular complexity index is 585. The standard InChI is InChI=1S/C14H16BrN3OS/c1-2-7-16-13-5-3-4-11(18-13)14(19)17-9-12-10(15)6-8-20-12/h3-6,8H,2,7,9H2,1H3,(H,16,18)(H,17,19). The maximum Gasteiger partial charge on any atom is 0.270 e. The number of anilines is 1. The summed E-state index contributed by atoms with van der Waals surface area (Å²) in [5.41, 5.74) is 0.429. The van der Waals surface area contributed by atoms with Crippen LogP contribution in [0.4, 0.5) is 5.82 Å². The zero-order chi connectivity index (χ0) is 14.4. The Morgan fingerprint density at radius 2 is 2.25 bits per heavy atom. The maximum atomic E-state index is 12.1. The molecule has 0 saturated heterocycles. The van der Waals surface area contributed by atoms with Crippen LogP contribution < -0.4 is 10.6 Å². The van der Waals surface area contributed by atoms with Crippen LogP contribution in [0.2, 0.25) is 0 Å². The number of hydrogen-bond acceptors (Lipinski definition) is 4. The first kappa shape index (κ1) is 15.0. The Morgan fingerprint density at radius 1 is 1.40 bits per heavy atom. The van der Waals surface area contributed by atoms with Crippen LogP contribution in [0, 0.1) is 0 Å². The van der Waals surface area contributed by atoms with Crippen LogP contribution in [0.5, 0.6) is 0 Å². The number of halogens is 1. The van der Waals surface area contributed by atoms with Crippen molar-refractivity contribution in [3.63, 3.8) is 0 Å². The van der Waals surface area contributed by atoms with Crippen molar-refractivity contribution in [2.45, 2.75) is 19.9 Å². The van der Waals surface area contributed by atoms with Gasteiger partial charge in [-0.2, -0.15) is 0 Å². The third-order valence-corrected chi connectivity index (χ3v) is 4.56. The lowest BCUT2D eigenvalue weighted by molar-refractivity contribution is 0.0946. The van der Waals surface area contributed by atoms with Crippen LogP contribution in [-0.2, 0) is 6.54 Å². The van der Waals surface area contributed by atoms with E-state index >= 15 is 0 Å². The summed E-state index contributed by atoms with van der Waals surface area (Å²) >= 11 is 5.05. The van der Waals surface area contributed by atoms with Crippen LogP contribution in [0.1, 0.15) is 28.7 Å². The number of hydrogen-bond donors (Lipinski definition) is 2. The highest BCUT2D eigenvalue weighted by Crippen LogP contribution is 2.22. The van der Waals surface area contributed by atoms with Gasteiger partial charge in [0.05, 0.1) is 6.54 Å². The predicted octanol–water partition coefficient (Wildman–Crippen LogP) is 3.66. The lowest BCUT2D eigenvalue weighted by Gasteiger charge is -2.07. The molecule has 2 rings (SSSR count). The van der Waals surface area contributed by atoms with Crippen LogP contribution in [0.3, 0.4) is 0 Å². The number of nitrogens with zero attached hydrogens (tertiary/aromatic N) is 1. The Kier molecular flexibility index (Phi) is 5.55. The highest BCUT2D eigenvalue weighted by Gasteiger charge is 2.09. The molecule has 0 aliphatic heterocycles. The van der Waals surface area contributed by atoms with E-state index in [1.807, 2.05) is 23.6 Å². The summed E-state index contributed by atoms with van der Waals surface area (Å²) in [5.74, 6) is 0.572. The van der Waals surface area contributed by atoms with Gasteiger partial charge in [-0.1, -0.05) is 13.0 Å². The summed E-state index contributed by atoms with van der Waals surface area (Å²) in [4.78, 5) is 17.5. The fraction of sp³-hybridized carbons (Fsp3) is 0.286. The minimum absolute atomic E-state index is 0.162. The first-order valence-corrected chi connectivity index (χ1v) is 8.09. The molecule has 0 fully saturated rings. The van der Waals surface area contributed by atoms with Gasteiger partial charge in [-0.15, -0.1) is 11.3 Å². The first-order valence-electron chi connectivity index (χ1n) is 6.41. The molecular weight excluding hydrogens is 338 g/mol. The number of nitrogens with one attached hydrogen (secondary N) is 2. The van der Waals surface area contributed by atoms with Crippen LogP contribution >= 0.6 is 27.3 Å². The predicted molar refractivity (Wildman–Crippen MR) is 86.2 cm³/mol. The minimum Gasteiger partial charge on any atom is -0.370 e. The van der Waals surface area contributed by atoms with Crippen molar-refractivity contribution >= 4 is 39.0 Å². The Morgan fingerprint density at radius 3 is 2.95 bits per heavy atom. The van der Waals surface area contributed by atoms with Crippen LogP contribution in [0.15, 0.2) is 34.1 Å². The van der Waals surface area contributed by atoms with Crippen molar-refractivity contribution in [2.75, 3.05) is 11.9 Å². The third kappa shape index (κ3) is 4.05. The molecule has 0 bridgehead atoms. The molecule has 0 radical (unpaired) electrons. The van der Waals surface area contributed by atoms with E-state index in [-0.39, 0.29) is 5.91 Å². The van der Waals surface area contributed by atoms with E-state index in [2.05, 4.69) is 38.5 Å². The second kappa shape index (κ2) is 7.40. The molecule has 0 unspecified atom stereocenters. The molecule has 2 heterocycles. The molecule has 2 aromatic rings. The van der Waals surface area contributed by atoms with Crippen LogP contribution in [0.25, 0.3) is 0 Å². The van der Waals surface area contributed by atoms with E-state index < -0.39 is 0 Å². The van der Waals surface area contributed by atoms with Crippen molar-refractivity contribution in [3.05, 3.63) is 44.7 Å². The number of rotatable bonds is 6. The molecule has 6 heteroatoms. The largest absolute Gasteiger partial charge is 0.370 e. The third-order valence-electron chi connectivity index (χ3n) is 2.64. The summed E-state index contributed by atoms with van der Waals surface area (Å²) in [6.45, 7) is 3.44. The fourth-order valence-electron chi connectivity index (χ4n) is 1.62. The fourth-order valence-corrected chi connectivity index (χ4v) is 3.05. The average molecular weight is 354 g/mol.